The van der Waals surface area contributed by atoms with Gasteiger partial charge in [0.15, 0.2) is 0 Å². The van der Waals surface area contributed by atoms with Gasteiger partial charge >= 0.3 is 0 Å². The third-order valence-electron chi connectivity index (χ3n) is 2.88. The standard InChI is InChI=1S/C14H18N4/c1-10-7-14(17-9-16-10)18-11(2)13-5-3-12(8-15)4-6-13/h3-7,9,11H,8,15H2,1-2H3,(H,16,17,18). The average Bonchev–Trinajstić information content (AvgIpc) is 2.39. The Balaban J connectivity index is 2.09. The molecule has 0 radical (unpaired) electrons. The van der Waals surface area contributed by atoms with Crippen LogP contribution in [0.1, 0.15) is 29.8 Å². The number of aromatic nitrogens is 2. The van der Waals surface area contributed by atoms with Gasteiger partial charge in [0.05, 0.1) is 0 Å². The molecule has 0 aliphatic heterocycles. The first-order valence-corrected chi connectivity index (χ1v) is 6.03. The van der Waals surface area contributed by atoms with Crippen LogP contribution in [-0.4, -0.2) is 9.97 Å². The molecule has 2 rings (SSSR count). The summed E-state index contributed by atoms with van der Waals surface area (Å²) >= 11 is 0. The van der Waals surface area contributed by atoms with Crippen LogP contribution in [-0.2, 0) is 6.54 Å². The van der Waals surface area contributed by atoms with Crippen LogP contribution in [0.4, 0.5) is 5.82 Å². The lowest BCUT2D eigenvalue weighted by Crippen LogP contribution is -2.08. The minimum absolute atomic E-state index is 0.200. The zero-order chi connectivity index (χ0) is 13.0. The molecule has 0 aliphatic carbocycles. The molecule has 1 aromatic heterocycles. The highest BCUT2D eigenvalue weighted by Crippen LogP contribution is 2.18. The first-order valence-electron chi connectivity index (χ1n) is 6.03. The van der Waals surface area contributed by atoms with Crippen molar-refractivity contribution in [2.75, 3.05) is 5.32 Å². The Morgan fingerprint density at radius 2 is 1.94 bits per heavy atom. The van der Waals surface area contributed by atoms with E-state index in [1.807, 2.05) is 13.0 Å². The molecule has 94 valence electrons. The van der Waals surface area contributed by atoms with Gasteiger partial charge in [-0.3, -0.25) is 0 Å². The van der Waals surface area contributed by atoms with Gasteiger partial charge in [-0.1, -0.05) is 24.3 Å². The van der Waals surface area contributed by atoms with E-state index in [-0.39, 0.29) is 6.04 Å². The maximum Gasteiger partial charge on any atom is 0.130 e. The first-order chi connectivity index (χ1) is 8.69. The van der Waals surface area contributed by atoms with Crippen LogP contribution >= 0.6 is 0 Å². The summed E-state index contributed by atoms with van der Waals surface area (Å²) in [5.74, 6) is 0.845. The van der Waals surface area contributed by atoms with E-state index in [4.69, 9.17) is 5.73 Å². The van der Waals surface area contributed by atoms with Crippen LogP contribution in [0.15, 0.2) is 36.7 Å². The van der Waals surface area contributed by atoms with Crippen molar-refractivity contribution in [3.8, 4) is 0 Å². The fraction of sp³-hybridized carbons (Fsp3) is 0.286. The Labute approximate surface area is 107 Å². The summed E-state index contributed by atoms with van der Waals surface area (Å²) in [6.07, 6.45) is 1.57. The molecule has 2 aromatic rings. The number of anilines is 1. The second kappa shape index (κ2) is 5.60. The molecule has 0 bridgehead atoms. The summed E-state index contributed by atoms with van der Waals surface area (Å²) in [4.78, 5) is 8.27. The van der Waals surface area contributed by atoms with Crippen molar-refractivity contribution >= 4 is 5.82 Å². The largest absolute Gasteiger partial charge is 0.363 e. The third kappa shape index (κ3) is 3.05. The van der Waals surface area contributed by atoms with Gasteiger partial charge in [0.25, 0.3) is 0 Å². The lowest BCUT2D eigenvalue weighted by Gasteiger charge is -2.15. The topological polar surface area (TPSA) is 63.8 Å². The van der Waals surface area contributed by atoms with Crippen LogP contribution in [0.25, 0.3) is 0 Å². The Bertz CT molecular complexity index is 507. The highest BCUT2D eigenvalue weighted by molar-refractivity contribution is 5.38. The maximum atomic E-state index is 5.58. The fourth-order valence-electron chi connectivity index (χ4n) is 1.78. The van der Waals surface area contributed by atoms with Gasteiger partial charge in [0.1, 0.15) is 12.1 Å². The van der Waals surface area contributed by atoms with Crippen molar-refractivity contribution in [1.29, 1.82) is 0 Å². The molecule has 0 saturated heterocycles. The minimum Gasteiger partial charge on any atom is -0.363 e. The van der Waals surface area contributed by atoms with Crippen LogP contribution in [0.5, 0.6) is 0 Å². The Hall–Kier alpha value is -1.94. The summed E-state index contributed by atoms with van der Waals surface area (Å²) in [5, 5.41) is 3.35. The van der Waals surface area contributed by atoms with Crippen LogP contribution in [0.3, 0.4) is 0 Å². The lowest BCUT2D eigenvalue weighted by atomic mass is 10.1. The fourth-order valence-corrected chi connectivity index (χ4v) is 1.78. The lowest BCUT2D eigenvalue weighted by molar-refractivity contribution is 0.868. The Morgan fingerprint density at radius 3 is 2.56 bits per heavy atom. The number of nitrogens with one attached hydrogen (secondary N) is 1. The number of nitrogens with two attached hydrogens (primary N) is 1. The molecule has 1 atom stereocenters. The van der Waals surface area contributed by atoms with Gasteiger partial charge in [-0.25, -0.2) is 9.97 Å². The van der Waals surface area contributed by atoms with Crippen molar-refractivity contribution < 1.29 is 0 Å². The number of hydrogen-bond acceptors (Lipinski definition) is 4. The Morgan fingerprint density at radius 1 is 1.22 bits per heavy atom. The van der Waals surface area contributed by atoms with Crippen LogP contribution < -0.4 is 11.1 Å². The van der Waals surface area contributed by atoms with Crippen molar-refractivity contribution in [2.24, 2.45) is 5.73 Å². The molecule has 0 amide bonds. The molecule has 0 fully saturated rings. The molecule has 4 nitrogen and oxygen atoms in total. The zero-order valence-corrected chi connectivity index (χ0v) is 10.7. The molecule has 0 spiro atoms. The first kappa shape index (κ1) is 12.5. The highest BCUT2D eigenvalue weighted by atomic mass is 15.0. The molecule has 1 aromatic carbocycles. The smallest absolute Gasteiger partial charge is 0.130 e. The molecule has 1 heterocycles. The molecular weight excluding hydrogens is 224 g/mol. The summed E-state index contributed by atoms with van der Waals surface area (Å²) in [6, 6.07) is 10.4. The predicted molar refractivity (Wildman–Crippen MR) is 73.1 cm³/mol. The minimum atomic E-state index is 0.200. The van der Waals surface area contributed by atoms with E-state index < -0.39 is 0 Å². The second-order valence-electron chi connectivity index (χ2n) is 4.36. The van der Waals surface area contributed by atoms with Gasteiger partial charge < -0.3 is 11.1 Å². The predicted octanol–water partition coefficient (Wildman–Crippen LogP) is 2.42. The summed E-state index contributed by atoms with van der Waals surface area (Å²) < 4.78 is 0. The van der Waals surface area contributed by atoms with E-state index in [0.29, 0.717) is 6.54 Å². The molecular formula is C14H18N4. The normalized spacial score (nSPS) is 12.2. The van der Waals surface area contributed by atoms with Crippen LogP contribution in [0.2, 0.25) is 0 Å². The highest BCUT2D eigenvalue weighted by Gasteiger charge is 2.06. The maximum absolute atomic E-state index is 5.58. The third-order valence-corrected chi connectivity index (χ3v) is 2.88. The average molecular weight is 242 g/mol. The zero-order valence-electron chi connectivity index (χ0n) is 10.7. The van der Waals surface area contributed by atoms with Gasteiger partial charge in [-0.2, -0.15) is 0 Å². The Kier molecular flexibility index (Phi) is 3.89. The van der Waals surface area contributed by atoms with Gasteiger partial charge in [0, 0.05) is 24.3 Å². The summed E-state index contributed by atoms with van der Waals surface area (Å²) in [7, 11) is 0. The molecule has 0 aliphatic rings. The number of benzene rings is 1. The molecule has 1 unspecified atom stereocenters. The van der Waals surface area contributed by atoms with Crippen molar-refractivity contribution in [3.05, 3.63) is 53.5 Å². The van der Waals surface area contributed by atoms with E-state index >= 15 is 0 Å². The molecule has 0 saturated carbocycles. The second-order valence-corrected chi connectivity index (χ2v) is 4.36. The van der Waals surface area contributed by atoms with Crippen molar-refractivity contribution in [2.45, 2.75) is 26.4 Å². The summed E-state index contributed by atoms with van der Waals surface area (Å²) in [6.45, 7) is 4.63. The monoisotopic (exact) mass is 242 g/mol. The number of nitrogens with zero attached hydrogens (tertiary/aromatic N) is 2. The van der Waals surface area contributed by atoms with E-state index in [0.717, 1.165) is 17.1 Å². The molecule has 4 heteroatoms. The molecule has 3 N–H and O–H groups in total. The van der Waals surface area contributed by atoms with E-state index in [2.05, 4.69) is 46.5 Å². The van der Waals surface area contributed by atoms with Gasteiger partial charge in [0.2, 0.25) is 0 Å². The van der Waals surface area contributed by atoms with E-state index in [1.54, 1.807) is 6.33 Å². The quantitative estimate of drug-likeness (QED) is 0.864. The molecule has 18 heavy (non-hydrogen) atoms. The van der Waals surface area contributed by atoms with E-state index in [9.17, 15) is 0 Å². The van der Waals surface area contributed by atoms with Crippen molar-refractivity contribution in [3.63, 3.8) is 0 Å². The van der Waals surface area contributed by atoms with Gasteiger partial charge in [-0.05, 0) is 25.0 Å². The van der Waals surface area contributed by atoms with Crippen LogP contribution in [0, 0.1) is 6.92 Å². The van der Waals surface area contributed by atoms with E-state index in [1.165, 1.54) is 5.56 Å². The SMILES string of the molecule is Cc1cc(NC(C)c2ccc(CN)cc2)ncn1. The van der Waals surface area contributed by atoms with Gasteiger partial charge in [-0.15, -0.1) is 0 Å². The number of hydrogen-bond donors (Lipinski definition) is 2. The number of rotatable bonds is 4. The number of aryl methyl sites for hydroxylation is 1. The van der Waals surface area contributed by atoms with Crippen molar-refractivity contribution in [1.82, 2.24) is 9.97 Å². The summed E-state index contributed by atoms with van der Waals surface area (Å²) in [5.41, 5.74) is 8.89.